The normalized spacial score (nSPS) is 31.1. The van der Waals surface area contributed by atoms with Crippen molar-refractivity contribution >= 4 is 5.91 Å². The van der Waals surface area contributed by atoms with Gasteiger partial charge >= 0.3 is 0 Å². The van der Waals surface area contributed by atoms with Gasteiger partial charge in [0.2, 0.25) is 5.91 Å². The van der Waals surface area contributed by atoms with Gasteiger partial charge in [0.25, 0.3) is 0 Å². The van der Waals surface area contributed by atoms with E-state index in [-0.39, 0.29) is 11.9 Å². The lowest BCUT2D eigenvalue weighted by molar-refractivity contribution is -0.124. The van der Waals surface area contributed by atoms with Crippen molar-refractivity contribution in [3.8, 4) is 0 Å². The van der Waals surface area contributed by atoms with Crippen LogP contribution in [0, 0.1) is 11.8 Å². The summed E-state index contributed by atoms with van der Waals surface area (Å²) in [6, 6.07) is 0.0654. The summed E-state index contributed by atoms with van der Waals surface area (Å²) in [7, 11) is 0. The predicted molar refractivity (Wildman–Crippen MR) is 69.8 cm³/mol. The van der Waals surface area contributed by atoms with E-state index >= 15 is 0 Å². The predicted octanol–water partition coefficient (Wildman–Crippen LogP) is 2.07. The van der Waals surface area contributed by atoms with Gasteiger partial charge in [-0.25, -0.2) is 0 Å². The molecule has 2 atom stereocenters. The molecule has 2 fully saturated rings. The van der Waals surface area contributed by atoms with Gasteiger partial charge in [-0.15, -0.1) is 0 Å². The topological polar surface area (TPSA) is 41.1 Å². The van der Waals surface area contributed by atoms with Crippen molar-refractivity contribution in [2.24, 2.45) is 11.8 Å². The van der Waals surface area contributed by atoms with E-state index < -0.39 is 0 Å². The van der Waals surface area contributed by atoms with E-state index in [4.69, 9.17) is 0 Å². The number of carbonyl (C=O) groups is 1. The third-order valence-corrected chi connectivity index (χ3v) is 4.43. The Morgan fingerprint density at radius 3 is 2.65 bits per heavy atom. The molecule has 1 saturated carbocycles. The maximum atomic E-state index is 11.9. The molecule has 0 spiro atoms. The van der Waals surface area contributed by atoms with Crippen molar-refractivity contribution in [3.63, 3.8) is 0 Å². The molecule has 0 aromatic heterocycles. The summed E-state index contributed by atoms with van der Waals surface area (Å²) in [5.41, 5.74) is 0. The molecule has 0 aromatic rings. The summed E-state index contributed by atoms with van der Waals surface area (Å²) in [6.45, 7) is 3.74. The van der Waals surface area contributed by atoms with Gasteiger partial charge in [-0.2, -0.15) is 0 Å². The maximum Gasteiger partial charge on any atom is 0.237 e. The number of piperidine rings is 1. The minimum absolute atomic E-state index is 0.0654. The zero-order valence-corrected chi connectivity index (χ0v) is 11.0. The van der Waals surface area contributed by atoms with Crippen molar-refractivity contribution in [3.05, 3.63) is 0 Å². The Morgan fingerprint density at radius 2 is 1.94 bits per heavy atom. The fourth-order valence-electron chi connectivity index (χ4n) is 3.48. The van der Waals surface area contributed by atoms with Crippen LogP contribution in [0.25, 0.3) is 0 Å². The highest BCUT2D eigenvalue weighted by Crippen LogP contribution is 2.35. The minimum Gasteiger partial charge on any atom is -0.355 e. The van der Waals surface area contributed by atoms with Crippen molar-refractivity contribution in [1.29, 1.82) is 0 Å². The van der Waals surface area contributed by atoms with Gasteiger partial charge in [-0.1, -0.05) is 32.1 Å². The first kappa shape index (κ1) is 12.9. The fraction of sp³-hybridized carbons (Fsp3) is 0.929. The Hall–Kier alpha value is -0.570. The Kier molecular flexibility index (Phi) is 4.84. The highest BCUT2D eigenvalue weighted by molar-refractivity contribution is 5.81. The van der Waals surface area contributed by atoms with Gasteiger partial charge in [0.1, 0.15) is 0 Å². The number of nitrogens with one attached hydrogen (secondary N) is 2. The number of rotatable bonds is 3. The van der Waals surface area contributed by atoms with E-state index in [1.54, 1.807) is 0 Å². The zero-order chi connectivity index (χ0) is 12.1. The first-order valence-electron chi connectivity index (χ1n) is 7.32. The lowest BCUT2D eigenvalue weighted by Crippen LogP contribution is -2.49. The minimum atomic E-state index is 0.0654. The molecule has 2 rings (SSSR count). The summed E-state index contributed by atoms with van der Waals surface area (Å²) in [5.74, 6) is 1.87. The number of carbonyl (C=O) groups excluding carboxylic acids is 1. The SMILES string of the molecule is CCNC(=O)C1CC(C2CCCCC2)CCN1. The Bertz CT molecular complexity index is 249. The molecule has 2 unspecified atom stereocenters. The van der Waals surface area contributed by atoms with Crippen LogP contribution in [0.4, 0.5) is 0 Å². The summed E-state index contributed by atoms with van der Waals surface area (Å²) >= 11 is 0. The second kappa shape index (κ2) is 6.39. The zero-order valence-electron chi connectivity index (χ0n) is 11.0. The van der Waals surface area contributed by atoms with Crippen LogP contribution < -0.4 is 10.6 Å². The largest absolute Gasteiger partial charge is 0.355 e. The molecule has 3 heteroatoms. The van der Waals surface area contributed by atoms with Crippen LogP contribution in [0.5, 0.6) is 0 Å². The van der Waals surface area contributed by atoms with Crippen LogP contribution in [0.15, 0.2) is 0 Å². The monoisotopic (exact) mass is 238 g/mol. The molecule has 0 bridgehead atoms. The number of amides is 1. The fourth-order valence-corrected chi connectivity index (χ4v) is 3.48. The van der Waals surface area contributed by atoms with Gasteiger partial charge in [-0.05, 0) is 38.1 Å². The van der Waals surface area contributed by atoms with E-state index in [2.05, 4.69) is 10.6 Å². The van der Waals surface area contributed by atoms with Crippen molar-refractivity contribution in [2.45, 2.75) is 57.9 Å². The van der Waals surface area contributed by atoms with E-state index in [0.717, 1.165) is 31.3 Å². The Balaban J connectivity index is 1.85. The van der Waals surface area contributed by atoms with Gasteiger partial charge in [0.15, 0.2) is 0 Å². The highest BCUT2D eigenvalue weighted by Gasteiger charge is 2.31. The Morgan fingerprint density at radius 1 is 1.18 bits per heavy atom. The lowest BCUT2D eigenvalue weighted by atomic mass is 9.74. The summed E-state index contributed by atoms with van der Waals surface area (Å²) in [6.07, 6.45) is 9.33. The molecule has 1 aliphatic carbocycles. The van der Waals surface area contributed by atoms with Crippen LogP contribution in [-0.4, -0.2) is 25.0 Å². The number of hydrogen-bond acceptors (Lipinski definition) is 2. The van der Waals surface area contributed by atoms with Gasteiger partial charge in [-0.3, -0.25) is 4.79 Å². The molecule has 98 valence electrons. The molecule has 1 amide bonds. The lowest BCUT2D eigenvalue weighted by Gasteiger charge is -2.36. The summed E-state index contributed by atoms with van der Waals surface area (Å²) < 4.78 is 0. The second-order valence-corrected chi connectivity index (χ2v) is 5.58. The highest BCUT2D eigenvalue weighted by atomic mass is 16.2. The molecular weight excluding hydrogens is 212 g/mol. The van der Waals surface area contributed by atoms with E-state index in [9.17, 15) is 4.79 Å². The molecular formula is C14H26N2O. The van der Waals surface area contributed by atoms with Crippen molar-refractivity contribution < 1.29 is 4.79 Å². The molecule has 1 heterocycles. The number of hydrogen-bond donors (Lipinski definition) is 2. The average Bonchev–Trinajstić information content (AvgIpc) is 2.40. The molecule has 17 heavy (non-hydrogen) atoms. The van der Waals surface area contributed by atoms with Crippen molar-refractivity contribution in [1.82, 2.24) is 10.6 Å². The van der Waals surface area contributed by atoms with E-state index in [1.807, 2.05) is 6.92 Å². The van der Waals surface area contributed by atoms with Gasteiger partial charge in [0, 0.05) is 6.54 Å². The average molecular weight is 238 g/mol. The summed E-state index contributed by atoms with van der Waals surface area (Å²) in [5, 5.41) is 6.30. The smallest absolute Gasteiger partial charge is 0.237 e. The summed E-state index contributed by atoms with van der Waals surface area (Å²) in [4.78, 5) is 11.9. The van der Waals surface area contributed by atoms with Crippen LogP contribution in [0.1, 0.15) is 51.9 Å². The standard InChI is InChI=1S/C14H26N2O/c1-2-15-14(17)13-10-12(8-9-16-13)11-6-4-3-5-7-11/h11-13,16H,2-10H2,1H3,(H,15,17). The second-order valence-electron chi connectivity index (χ2n) is 5.58. The first-order valence-corrected chi connectivity index (χ1v) is 7.32. The molecule has 2 aliphatic rings. The van der Waals surface area contributed by atoms with E-state index in [0.29, 0.717) is 0 Å². The van der Waals surface area contributed by atoms with Crippen LogP contribution in [0.2, 0.25) is 0 Å². The van der Waals surface area contributed by atoms with Gasteiger partial charge in [0.05, 0.1) is 6.04 Å². The maximum absolute atomic E-state index is 11.9. The van der Waals surface area contributed by atoms with Crippen molar-refractivity contribution in [2.75, 3.05) is 13.1 Å². The van der Waals surface area contributed by atoms with Gasteiger partial charge < -0.3 is 10.6 Å². The molecule has 3 nitrogen and oxygen atoms in total. The van der Waals surface area contributed by atoms with Crippen LogP contribution >= 0.6 is 0 Å². The Labute approximate surface area is 105 Å². The van der Waals surface area contributed by atoms with E-state index in [1.165, 1.54) is 38.5 Å². The van der Waals surface area contributed by atoms with Crippen LogP contribution in [-0.2, 0) is 4.79 Å². The first-order chi connectivity index (χ1) is 8.31. The molecule has 2 N–H and O–H groups in total. The third kappa shape index (κ3) is 3.44. The molecule has 0 aromatic carbocycles. The quantitative estimate of drug-likeness (QED) is 0.790. The molecule has 1 saturated heterocycles. The molecule has 1 aliphatic heterocycles. The third-order valence-electron chi connectivity index (χ3n) is 4.43. The van der Waals surface area contributed by atoms with Crippen LogP contribution in [0.3, 0.4) is 0 Å². The number of likely N-dealkylation sites (N-methyl/N-ethyl adjacent to an activating group) is 1. The molecule has 0 radical (unpaired) electrons.